The molecule has 0 aromatic rings. The number of fused-ring (bicyclic) bond motifs is 1. The lowest BCUT2D eigenvalue weighted by molar-refractivity contribution is -0.147. The summed E-state index contributed by atoms with van der Waals surface area (Å²) in [5.41, 5.74) is -0.508. The number of carboxylic acids is 1. The highest BCUT2D eigenvalue weighted by atomic mass is 16.4. The van der Waals surface area contributed by atoms with Crippen molar-refractivity contribution in [1.82, 2.24) is 9.80 Å². The van der Waals surface area contributed by atoms with Gasteiger partial charge in [-0.25, -0.2) is 0 Å². The van der Waals surface area contributed by atoms with Crippen LogP contribution in [0.5, 0.6) is 0 Å². The number of aliphatic carboxylic acids is 1. The lowest BCUT2D eigenvalue weighted by Gasteiger charge is -2.30. The molecule has 0 amide bonds. The molecule has 4 heteroatoms. The van der Waals surface area contributed by atoms with E-state index >= 15 is 0 Å². The van der Waals surface area contributed by atoms with E-state index < -0.39 is 11.4 Å². The fraction of sp³-hybridized carbons (Fsp3) is 0.923. The van der Waals surface area contributed by atoms with Gasteiger partial charge in [0.05, 0.1) is 5.41 Å². The smallest absolute Gasteiger partial charge is 0.310 e. The first-order valence-electron chi connectivity index (χ1n) is 6.82. The SMILES string of the molecule is CC1(C(=O)O)CCN(C2CCN3CCCC23)C1. The predicted molar refractivity (Wildman–Crippen MR) is 64.9 cm³/mol. The van der Waals surface area contributed by atoms with Crippen molar-refractivity contribution < 1.29 is 9.90 Å². The molecule has 96 valence electrons. The summed E-state index contributed by atoms with van der Waals surface area (Å²) in [6.45, 7) is 6.09. The van der Waals surface area contributed by atoms with Crippen molar-refractivity contribution in [2.24, 2.45) is 5.41 Å². The second-order valence-electron chi connectivity index (χ2n) is 6.19. The average molecular weight is 238 g/mol. The van der Waals surface area contributed by atoms with E-state index in [1.165, 1.54) is 32.4 Å². The van der Waals surface area contributed by atoms with Crippen LogP contribution in [-0.2, 0) is 4.79 Å². The number of hydrogen-bond donors (Lipinski definition) is 1. The summed E-state index contributed by atoms with van der Waals surface area (Å²) in [5, 5.41) is 9.28. The molecule has 3 aliphatic heterocycles. The lowest BCUT2D eigenvalue weighted by atomic mass is 9.90. The van der Waals surface area contributed by atoms with Gasteiger partial charge in [0.25, 0.3) is 0 Å². The minimum Gasteiger partial charge on any atom is -0.481 e. The van der Waals surface area contributed by atoms with Gasteiger partial charge in [-0.2, -0.15) is 0 Å². The minimum absolute atomic E-state index is 0.508. The summed E-state index contributed by atoms with van der Waals surface area (Å²) in [6, 6.07) is 1.34. The Hall–Kier alpha value is -0.610. The van der Waals surface area contributed by atoms with Gasteiger partial charge in [-0.1, -0.05) is 0 Å². The van der Waals surface area contributed by atoms with Gasteiger partial charge < -0.3 is 5.11 Å². The summed E-state index contributed by atoms with van der Waals surface area (Å²) >= 11 is 0. The van der Waals surface area contributed by atoms with Crippen LogP contribution in [0.25, 0.3) is 0 Å². The molecule has 3 atom stereocenters. The van der Waals surface area contributed by atoms with Crippen molar-refractivity contribution in [3.63, 3.8) is 0 Å². The third-order valence-electron chi connectivity index (χ3n) is 5.06. The number of hydrogen-bond acceptors (Lipinski definition) is 3. The van der Waals surface area contributed by atoms with Gasteiger partial charge >= 0.3 is 5.97 Å². The Morgan fingerprint density at radius 1 is 1.18 bits per heavy atom. The minimum atomic E-state index is -0.624. The standard InChI is InChI=1S/C13H22N2O2/c1-13(12(16)17)5-8-15(9-13)11-4-7-14-6-2-3-10(11)14/h10-11H,2-9H2,1H3,(H,16,17). The molecule has 4 nitrogen and oxygen atoms in total. The third kappa shape index (κ3) is 1.78. The van der Waals surface area contributed by atoms with Gasteiger partial charge in [0.1, 0.15) is 0 Å². The molecule has 17 heavy (non-hydrogen) atoms. The van der Waals surface area contributed by atoms with E-state index in [1.54, 1.807) is 0 Å². The number of likely N-dealkylation sites (tertiary alicyclic amines) is 1. The first-order valence-corrected chi connectivity index (χ1v) is 6.82. The van der Waals surface area contributed by atoms with Crippen molar-refractivity contribution in [3.8, 4) is 0 Å². The zero-order valence-corrected chi connectivity index (χ0v) is 10.6. The van der Waals surface area contributed by atoms with Gasteiger partial charge in [-0.05, 0) is 45.7 Å². The molecule has 0 aromatic heterocycles. The molecular formula is C13H22N2O2. The van der Waals surface area contributed by atoms with Crippen LogP contribution in [0.2, 0.25) is 0 Å². The summed E-state index contributed by atoms with van der Waals surface area (Å²) in [6.07, 6.45) is 4.68. The molecule has 0 bridgehead atoms. The largest absolute Gasteiger partial charge is 0.481 e. The van der Waals surface area contributed by atoms with Gasteiger partial charge in [-0.15, -0.1) is 0 Å². The van der Waals surface area contributed by atoms with Crippen LogP contribution in [-0.4, -0.2) is 59.1 Å². The normalized spacial score (nSPS) is 43.1. The molecular weight excluding hydrogens is 216 g/mol. The first kappa shape index (κ1) is 11.5. The summed E-state index contributed by atoms with van der Waals surface area (Å²) in [7, 11) is 0. The Bertz CT molecular complexity index is 333. The number of rotatable bonds is 2. The van der Waals surface area contributed by atoms with E-state index in [2.05, 4.69) is 9.80 Å². The van der Waals surface area contributed by atoms with E-state index in [0.717, 1.165) is 19.5 Å². The highest BCUT2D eigenvalue weighted by Gasteiger charge is 2.47. The fourth-order valence-corrected chi connectivity index (χ4v) is 3.94. The molecule has 0 aliphatic carbocycles. The van der Waals surface area contributed by atoms with E-state index in [0.29, 0.717) is 12.1 Å². The molecule has 3 aliphatic rings. The Morgan fingerprint density at radius 3 is 2.65 bits per heavy atom. The van der Waals surface area contributed by atoms with Crippen LogP contribution in [0.3, 0.4) is 0 Å². The topological polar surface area (TPSA) is 43.8 Å². The Labute approximate surface area is 103 Å². The van der Waals surface area contributed by atoms with Gasteiger partial charge in [-0.3, -0.25) is 14.6 Å². The van der Waals surface area contributed by atoms with Crippen LogP contribution in [0, 0.1) is 5.41 Å². The molecule has 1 N–H and O–H groups in total. The van der Waals surface area contributed by atoms with Crippen molar-refractivity contribution in [3.05, 3.63) is 0 Å². The van der Waals surface area contributed by atoms with Gasteiger partial charge in [0.2, 0.25) is 0 Å². The average Bonchev–Trinajstić information content (AvgIpc) is 2.91. The maximum absolute atomic E-state index is 11.3. The van der Waals surface area contributed by atoms with Gasteiger partial charge in [0.15, 0.2) is 0 Å². The zero-order valence-electron chi connectivity index (χ0n) is 10.6. The van der Waals surface area contributed by atoms with Crippen LogP contribution in [0.1, 0.15) is 32.6 Å². The van der Waals surface area contributed by atoms with Crippen molar-refractivity contribution >= 4 is 5.97 Å². The Balaban J connectivity index is 1.69. The molecule has 3 rings (SSSR count). The monoisotopic (exact) mass is 238 g/mol. The first-order chi connectivity index (χ1) is 8.10. The third-order valence-corrected chi connectivity index (χ3v) is 5.06. The highest BCUT2D eigenvalue weighted by Crippen LogP contribution is 2.37. The summed E-state index contributed by atoms with van der Waals surface area (Å²) < 4.78 is 0. The van der Waals surface area contributed by atoms with Crippen LogP contribution in [0.4, 0.5) is 0 Å². The lowest BCUT2D eigenvalue weighted by Crippen LogP contribution is -2.43. The number of carbonyl (C=O) groups is 1. The van der Waals surface area contributed by atoms with E-state index in [-0.39, 0.29) is 0 Å². The van der Waals surface area contributed by atoms with Crippen molar-refractivity contribution in [2.75, 3.05) is 26.2 Å². The highest BCUT2D eigenvalue weighted by molar-refractivity contribution is 5.74. The fourth-order valence-electron chi connectivity index (χ4n) is 3.94. The molecule has 0 saturated carbocycles. The summed E-state index contributed by atoms with van der Waals surface area (Å²) in [5.74, 6) is -0.624. The van der Waals surface area contributed by atoms with Crippen LogP contribution >= 0.6 is 0 Å². The summed E-state index contributed by atoms with van der Waals surface area (Å²) in [4.78, 5) is 16.3. The van der Waals surface area contributed by atoms with Crippen LogP contribution in [0.15, 0.2) is 0 Å². The molecule has 0 radical (unpaired) electrons. The Kier molecular flexibility index (Phi) is 2.67. The van der Waals surface area contributed by atoms with Crippen molar-refractivity contribution in [1.29, 1.82) is 0 Å². The van der Waals surface area contributed by atoms with E-state index in [9.17, 15) is 9.90 Å². The Morgan fingerprint density at radius 2 is 1.94 bits per heavy atom. The quantitative estimate of drug-likeness (QED) is 0.780. The predicted octanol–water partition coefficient (Wildman–Crippen LogP) is 1.02. The molecule has 0 spiro atoms. The maximum atomic E-state index is 11.3. The van der Waals surface area contributed by atoms with E-state index in [4.69, 9.17) is 0 Å². The van der Waals surface area contributed by atoms with E-state index in [1.807, 2.05) is 6.92 Å². The van der Waals surface area contributed by atoms with Gasteiger partial charge in [0, 0.05) is 25.2 Å². The zero-order chi connectivity index (χ0) is 12.0. The number of carboxylic acid groups (broad SMARTS) is 1. The molecule has 3 saturated heterocycles. The number of nitrogens with zero attached hydrogens (tertiary/aromatic N) is 2. The second kappa shape index (κ2) is 3.95. The molecule has 0 aromatic carbocycles. The van der Waals surface area contributed by atoms with Crippen molar-refractivity contribution in [2.45, 2.75) is 44.7 Å². The molecule has 3 unspecified atom stereocenters. The maximum Gasteiger partial charge on any atom is 0.310 e. The van der Waals surface area contributed by atoms with Crippen LogP contribution < -0.4 is 0 Å². The second-order valence-corrected chi connectivity index (χ2v) is 6.19. The molecule has 3 heterocycles. The molecule has 3 fully saturated rings.